The molecule has 1 amide bonds. The van der Waals surface area contributed by atoms with Crippen LogP contribution >= 0.6 is 0 Å². The number of nitro groups is 1. The van der Waals surface area contributed by atoms with Crippen LogP contribution in [-0.4, -0.2) is 24.0 Å². The second-order valence-electron chi connectivity index (χ2n) is 3.09. The summed E-state index contributed by atoms with van der Waals surface area (Å²) in [5.74, 6) is -1.60. The third kappa shape index (κ3) is 3.71. The van der Waals surface area contributed by atoms with E-state index < -0.39 is 28.9 Å². The Morgan fingerprint density at radius 2 is 2.33 bits per heavy atom. The minimum Gasteiger partial charge on any atom is -0.484 e. The van der Waals surface area contributed by atoms with Crippen molar-refractivity contribution in [2.45, 2.75) is 0 Å². The second-order valence-corrected chi connectivity index (χ2v) is 3.09. The molecule has 0 heterocycles. The predicted octanol–water partition coefficient (Wildman–Crippen LogP) is 0.752. The van der Waals surface area contributed by atoms with Crippen LogP contribution in [0.2, 0.25) is 0 Å². The van der Waals surface area contributed by atoms with Crippen LogP contribution in [-0.2, 0) is 4.79 Å². The average Bonchev–Trinajstić information content (AvgIpc) is 2.33. The third-order valence-corrected chi connectivity index (χ3v) is 1.85. The highest BCUT2D eigenvalue weighted by molar-refractivity contribution is 5.77. The summed E-state index contributed by atoms with van der Waals surface area (Å²) < 4.78 is 18.1. The van der Waals surface area contributed by atoms with Crippen molar-refractivity contribution < 1.29 is 18.8 Å². The van der Waals surface area contributed by atoms with Crippen LogP contribution in [0.25, 0.3) is 0 Å². The number of halogens is 1. The van der Waals surface area contributed by atoms with Gasteiger partial charge in [-0.1, -0.05) is 0 Å². The monoisotopic (exact) mass is 253 g/mol. The van der Waals surface area contributed by atoms with Gasteiger partial charge < -0.3 is 10.1 Å². The largest absolute Gasteiger partial charge is 0.484 e. The van der Waals surface area contributed by atoms with Gasteiger partial charge in [-0.2, -0.15) is 9.65 Å². The molecule has 1 aromatic carbocycles. The number of amides is 1. The molecule has 18 heavy (non-hydrogen) atoms. The fourth-order valence-electron chi connectivity index (χ4n) is 1.06. The van der Waals surface area contributed by atoms with Crippen LogP contribution in [0.3, 0.4) is 0 Å². The summed E-state index contributed by atoms with van der Waals surface area (Å²) in [6, 6.07) is 4.64. The maximum Gasteiger partial charge on any atom is 0.305 e. The Kier molecular flexibility index (Phi) is 4.57. The van der Waals surface area contributed by atoms with E-state index in [-0.39, 0.29) is 12.3 Å². The molecular weight excluding hydrogens is 245 g/mol. The van der Waals surface area contributed by atoms with Crippen molar-refractivity contribution in [3.63, 3.8) is 0 Å². The van der Waals surface area contributed by atoms with Crippen LogP contribution in [0.4, 0.5) is 10.1 Å². The molecule has 0 spiro atoms. The van der Waals surface area contributed by atoms with Gasteiger partial charge in [0.2, 0.25) is 5.82 Å². The SMILES string of the molecule is N#CCNC(=O)COc1ccc([N+](=O)[O-])c(F)c1. The molecule has 0 saturated carbocycles. The topological polar surface area (TPSA) is 105 Å². The van der Waals surface area contributed by atoms with Gasteiger partial charge in [0.15, 0.2) is 6.61 Å². The minimum absolute atomic E-state index is 0.00907. The second kappa shape index (κ2) is 6.15. The highest BCUT2D eigenvalue weighted by Crippen LogP contribution is 2.22. The van der Waals surface area contributed by atoms with Crippen molar-refractivity contribution in [1.82, 2.24) is 5.32 Å². The van der Waals surface area contributed by atoms with E-state index in [1.54, 1.807) is 6.07 Å². The first kappa shape index (κ1) is 13.4. The molecule has 0 fully saturated rings. The highest BCUT2D eigenvalue weighted by atomic mass is 19.1. The van der Waals surface area contributed by atoms with Crippen molar-refractivity contribution in [2.24, 2.45) is 0 Å². The maximum atomic E-state index is 13.2. The molecule has 0 aromatic heterocycles. The van der Waals surface area contributed by atoms with Gasteiger partial charge in [-0.25, -0.2) is 0 Å². The van der Waals surface area contributed by atoms with Gasteiger partial charge in [0, 0.05) is 12.1 Å². The Morgan fingerprint density at radius 3 is 2.89 bits per heavy atom. The lowest BCUT2D eigenvalue weighted by Gasteiger charge is -2.05. The summed E-state index contributed by atoms with van der Waals surface area (Å²) in [6.45, 7) is -0.560. The molecule has 0 saturated heterocycles. The zero-order valence-electron chi connectivity index (χ0n) is 9.05. The summed E-state index contributed by atoms with van der Waals surface area (Å²) in [7, 11) is 0. The van der Waals surface area contributed by atoms with E-state index in [2.05, 4.69) is 5.32 Å². The quantitative estimate of drug-likeness (QED) is 0.473. The number of rotatable bonds is 5. The van der Waals surface area contributed by atoms with Crippen molar-refractivity contribution in [3.05, 3.63) is 34.1 Å². The molecule has 0 unspecified atom stereocenters. The van der Waals surface area contributed by atoms with E-state index in [1.165, 1.54) is 6.07 Å². The van der Waals surface area contributed by atoms with Gasteiger partial charge in [-0.15, -0.1) is 0 Å². The van der Waals surface area contributed by atoms with Gasteiger partial charge in [0.25, 0.3) is 5.91 Å². The number of nitrogens with one attached hydrogen (secondary N) is 1. The van der Waals surface area contributed by atoms with Crippen LogP contribution in [0.1, 0.15) is 0 Å². The van der Waals surface area contributed by atoms with Gasteiger partial charge in [-0.05, 0) is 6.07 Å². The fourth-order valence-corrected chi connectivity index (χ4v) is 1.06. The van der Waals surface area contributed by atoms with E-state index >= 15 is 0 Å². The molecule has 7 nitrogen and oxygen atoms in total. The Hall–Kier alpha value is -2.69. The molecule has 0 aliphatic heterocycles. The molecule has 8 heteroatoms. The summed E-state index contributed by atoms with van der Waals surface area (Å²) in [5.41, 5.74) is -0.670. The Morgan fingerprint density at radius 1 is 1.61 bits per heavy atom. The fraction of sp³-hybridized carbons (Fsp3) is 0.200. The van der Waals surface area contributed by atoms with Crippen LogP contribution in [0.15, 0.2) is 18.2 Å². The number of hydrogen-bond acceptors (Lipinski definition) is 5. The summed E-state index contributed by atoms with van der Waals surface area (Å²) in [6.07, 6.45) is 0. The van der Waals surface area contributed by atoms with E-state index in [9.17, 15) is 19.3 Å². The standard InChI is InChI=1S/C10H8FN3O4/c11-8-5-7(1-2-9(8)14(16)17)18-6-10(15)13-4-3-12/h1-2,5H,4,6H2,(H,13,15). The maximum absolute atomic E-state index is 13.2. The Balaban J connectivity index is 2.59. The lowest BCUT2D eigenvalue weighted by molar-refractivity contribution is -0.387. The van der Waals surface area contributed by atoms with Crippen molar-refractivity contribution in [3.8, 4) is 11.8 Å². The molecule has 0 aliphatic rings. The number of benzene rings is 1. The van der Waals surface area contributed by atoms with Gasteiger partial charge >= 0.3 is 5.69 Å². The van der Waals surface area contributed by atoms with Gasteiger partial charge in [0.1, 0.15) is 12.3 Å². The Bertz CT molecular complexity index is 512. The van der Waals surface area contributed by atoms with Crippen LogP contribution < -0.4 is 10.1 Å². The molecule has 0 radical (unpaired) electrons. The average molecular weight is 253 g/mol. The number of nitrogens with zero attached hydrogens (tertiary/aromatic N) is 2. The first-order valence-electron chi connectivity index (χ1n) is 4.75. The summed E-state index contributed by atoms with van der Waals surface area (Å²) >= 11 is 0. The molecule has 1 aromatic rings. The molecule has 1 rings (SSSR count). The number of nitro benzene ring substituents is 1. The number of carbonyl (C=O) groups is 1. The van der Waals surface area contributed by atoms with Gasteiger partial charge in [0.05, 0.1) is 11.0 Å². The third-order valence-electron chi connectivity index (χ3n) is 1.85. The molecular formula is C10H8FN3O4. The first-order valence-corrected chi connectivity index (χ1v) is 4.75. The van der Waals surface area contributed by atoms with E-state index in [0.717, 1.165) is 12.1 Å². The summed E-state index contributed by atoms with van der Waals surface area (Å²) in [4.78, 5) is 20.5. The zero-order valence-corrected chi connectivity index (χ0v) is 9.05. The summed E-state index contributed by atoms with van der Waals surface area (Å²) in [5, 5.41) is 20.8. The predicted molar refractivity (Wildman–Crippen MR) is 57.2 cm³/mol. The number of ether oxygens (including phenoxy) is 1. The molecule has 1 N–H and O–H groups in total. The molecule has 0 aliphatic carbocycles. The highest BCUT2D eigenvalue weighted by Gasteiger charge is 2.14. The first-order chi connectivity index (χ1) is 8.54. The van der Waals surface area contributed by atoms with E-state index in [4.69, 9.17) is 10.00 Å². The molecule has 0 bridgehead atoms. The van der Waals surface area contributed by atoms with Crippen molar-refractivity contribution in [1.29, 1.82) is 5.26 Å². The Labute approximate surface area is 101 Å². The van der Waals surface area contributed by atoms with E-state index in [0.29, 0.717) is 0 Å². The van der Waals surface area contributed by atoms with Crippen LogP contribution in [0, 0.1) is 27.3 Å². The van der Waals surface area contributed by atoms with E-state index in [1.807, 2.05) is 0 Å². The van der Waals surface area contributed by atoms with Gasteiger partial charge in [-0.3, -0.25) is 14.9 Å². The zero-order chi connectivity index (χ0) is 13.5. The van der Waals surface area contributed by atoms with Crippen molar-refractivity contribution >= 4 is 11.6 Å². The van der Waals surface area contributed by atoms with Crippen molar-refractivity contribution in [2.75, 3.05) is 13.2 Å². The number of carbonyl (C=O) groups excluding carboxylic acids is 1. The lowest BCUT2D eigenvalue weighted by Crippen LogP contribution is -2.29. The lowest BCUT2D eigenvalue weighted by atomic mass is 10.3. The van der Waals surface area contributed by atoms with Crippen LogP contribution in [0.5, 0.6) is 5.75 Å². The molecule has 94 valence electrons. The molecule has 0 atom stereocenters. The minimum atomic E-state index is -1.05. The number of hydrogen-bond donors (Lipinski definition) is 1. The smallest absolute Gasteiger partial charge is 0.305 e. The normalized spacial score (nSPS) is 9.33. The number of nitriles is 1.